The lowest BCUT2D eigenvalue weighted by Crippen LogP contribution is -2.02. The average Bonchev–Trinajstić information content (AvgIpc) is 2.17. The number of hydrogen-bond donors (Lipinski definition) is 0. The first-order chi connectivity index (χ1) is 6.33. The van der Waals surface area contributed by atoms with Gasteiger partial charge in [-0.1, -0.05) is 0 Å². The molecule has 0 heterocycles. The Morgan fingerprint density at radius 2 is 1.31 bits per heavy atom. The largest absolute Gasteiger partial charge is 0.399 e. The molecule has 0 aromatic carbocycles. The second-order valence-electron chi connectivity index (χ2n) is 2.19. The molecule has 13 heavy (non-hydrogen) atoms. The third kappa shape index (κ3) is 24.5. The van der Waals surface area contributed by atoms with E-state index in [0.29, 0.717) is 0 Å². The zero-order valence-electron chi connectivity index (χ0n) is 8.52. The molecule has 0 saturated carbocycles. The molecule has 0 aromatic heterocycles. The molecule has 0 aliphatic carbocycles. The molecule has 5 heteroatoms. The van der Waals surface area contributed by atoms with Gasteiger partial charge >= 0.3 is 10.0 Å². The molecule has 0 amide bonds. The number of halogens is 2. The van der Waals surface area contributed by atoms with Crippen LogP contribution in [0.4, 0.5) is 0 Å². The maximum atomic E-state index is 5.32. The van der Waals surface area contributed by atoms with Crippen molar-refractivity contribution in [3.8, 4) is 0 Å². The van der Waals surface area contributed by atoms with Crippen molar-refractivity contribution < 1.29 is 8.85 Å². The summed E-state index contributed by atoms with van der Waals surface area (Å²) in [6.45, 7) is 5.55. The Kier molecular flexibility index (Phi) is 23.0. The van der Waals surface area contributed by atoms with E-state index < -0.39 is 10.0 Å². The van der Waals surface area contributed by atoms with E-state index in [-0.39, 0.29) is 0 Å². The van der Waals surface area contributed by atoms with E-state index in [4.69, 9.17) is 32.1 Å². The predicted octanol–water partition coefficient (Wildman–Crippen LogP) is 2.30. The Labute approximate surface area is 94.0 Å². The molecule has 0 saturated heterocycles. The van der Waals surface area contributed by atoms with Crippen molar-refractivity contribution in [1.29, 1.82) is 0 Å². The van der Waals surface area contributed by atoms with E-state index >= 15 is 0 Å². The fraction of sp³-hybridized carbons (Fsp3) is 1.00. The van der Waals surface area contributed by atoms with Crippen molar-refractivity contribution >= 4 is 33.2 Å². The summed E-state index contributed by atoms with van der Waals surface area (Å²) in [7, 11) is -0.589. The average molecular weight is 247 g/mol. The second-order valence-corrected chi connectivity index (χ2v) is 4.00. The number of alkyl halides is 2. The lowest BCUT2D eigenvalue weighted by Gasteiger charge is -1.96. The monoisotopic (exact) mass is 246 g/mol. The fourth-order valence-corrected chi connectivity index (χ4v) is 1.24. The molecular weight excluding hydrogens is 227 g/mol. The van der Waals surface area contributed by atoms with Crippen LogP contribution in [0, 0.1) is 0 Å². The molecule has 0 N–H and O–H groups in total. The summed E-state index contributed by atoms with van der Waals surface area (Å²) in [6, 6.07) is 0. The summed E-state index contributed by atoms with van der Waals surface area (Å²) in [5.41, 5.74) is 0. The quantitative estimate of drug-likeness (QED) is 0.390. The van der Waals surface area contributed by atoms with E-state index in [0.717, 1.165) is 37.8 Å². The maximum absolute atomic E-state index is 5.32. The van der Waals surface area contributed by atoms with Crippen molar-refractivity contribution in [2.75, 3.05) is 25.0 Å². The topological polar surface area (TPSA) is 18.5 Å². The number of hydrogen-bond acceptors (Lipinski definition) is 2. The van der Waals surface area contributed by atoms with Crippen LogP contribution in [0.15, 0.2) is 0 Å². The summed E-state index contributed by atoms with van der Waals surface area (Å²) in [4.78, 5) is 0. The van der Waals surface area contributed by atoms with Gasteiger partial charge in [-0.2, -0.15) is 0 Å². The highest BCUT2D eigenvalue weighted by Crippen LogP contribution is 1.92. The number of unbranched alkanes of at least 4 members (excludes halogenated alkanes) is 1. The molecular formula is C8H20Cl2O2Si. The Balaban J connectivity index is 0. The molecule has 82 valence electrons. The molecule has 0 spiro atoms. The summed E-state index contributed by atoms with van der Waals surface area (Å²) >= 11 is 10.6. The van der Waals surface area contributed by atoms with Gasteiger partial charge in [-0.25, -0.2) is 0 Å². The molecule has 0 aliphatic heterocycles. The molecule has 0 unspecified atom stereocenters. The van der Waals surface area contributed by atoms with Crippen LogP contribution >= 0.6 is 23.2 Å². The van der Waals surface area contributed by atoms with Crippen LogP contribution < -0.4 is 0 Å². The molecule has 0 bridgehead atoms. The maximum Gasteiger partial charge on any atom is 0.304 e. The standard InChI is InChI=1S/C4H8Cl2.C4H12O2Si/c5-3-1-2-4-6;1-3-5-7-6-4-2/h1-4H2;3-4,7H2,1-2H3. The minimum Gasteiger partial charge on any atom is -0.399 e. The lowest BCUT2D eigenvalue weighted by molar-refractivity contribution is 0.240. The number of rotatable bonds is 7. The first-order valence-corrected chi connectivity index (χ1v) is 6.83. The van der Waals surface area contributed by atoms with Crippen LogP contribution in [-0.4, -0.2) is 35.0 Å². The van der Waals surface area contributed by atoms with Gasteiger partial charge in [-0.3, -0.25) is 0 Å². The SMILES string of the molecule is CCO[SiH2]OCC.ClCCCCCl. The van der Waals surface area contributed by atoms with Gasteiger partial charge < -0.3 is 8.85 Å². The van der Waals surface area contributed by atoms with Gasteiger partial charge in [0.2, 0.25) is 0 Å². The van der Waals surface area contributed by atoms with Gasteiger partial charge in [0.05, 0.1) is 0 Å². The van der Waals surface area contributed by atoms with Gasteiger partial charge in [0.1, 0.15) is 0 Å². The highest BCUT2D eigenvalue weighted by Gasteiger charge is 1.79. The van der Waals surface area contributed by atoms with Crippen LogP contribution in [0.1, 0.15) is 26.7 Å². The van der Waals surface area contributed by atoms with Crippen molar-refractivity contribution in [1.82, 2.24) is 0 Å². The Morgan fingerprint density at radius 3 is 1.54 bits per heavy atom. The van der Waals surface area contributed by atoms with Crippen LogP contribution in [0.25, 0.3) is 0 Å². The van der Waals surface area contributed by atoms with Gasteiger partial charge in [0, 0.05) is 25.0 Å². The highest BCUT2D eigenvalue weighted by atomic mass is 35.5. The summed E-state index contributed by atoms with van der Waals surface area (Å²) in [5.74, 6) is 1.49. The highest BCUT2D eigenvalue weighted by molar-refractivity contribution is 6.18. The van der Waals surface area contributed by atoms with Crippen molar-refractivity contribution in [3.05, 3.63) is 0 Å². The molecule has 0 aromatic rings. The minimum atomic E-state index is -0.589. The Hall–Kier alpha value is 0.717. The Morgan fingerprint density at radius 1 is 0.923 bits per heavy atom. The molecule has 0 fully saturated rings. The van der Waals surface area contributed by atoms with Crippen molar-refractivity contribution in [2.24, 2.45) is 0 Å². The summed E-state index contributed by atoms with van der Waals surface area (Å²) in [5, 5.41) is 0. The summed E-state index contributed by atoms with van der Waals surface area (Å²) in [6.07, 6.45) is 2.09. The third-order valence-corrected chi connectivity index (χ3v) is 2.78. The van der Waals surface area contributed by atoms with E-state index in [1.807, 2.05) is 13.8 Å². The fourth-order valence-electron chi connectivity index (χ4n) is 0.415. The van der Waals surface area contributed by atoms with Crippen molar-refractivity contribution in [3.63, 3.8) is 0 Å². The summed E-state index contributed by atoms with van der Waals surface area (Å²) < 4.78 is 9.98. The Bertz CT molecular complexity index is 69.2. The predicted molar refractivity (Wildman–Crippen MR) is 62.5 cm³/mol. The van der Waals surface area contributed by atoms with Crippen LogP contribution in [0.2, 0.25) is 0 Å². The molecule has 0 atom stereocenters. The van der Waals surface area contributed by atoms with E-state index in [9.17, 15) is 0 Å². The smallest absolute Gasteiger partial charge is 0.304 e. The van der Waals surface area contributed by atoms with Gasteiger partial charge in [-0.05, 0) is 26.7 Å². The van der Waals surface area contributed by atoms with Crippen LogP contribution in [0.5, 0.6) is 0 Å². The molecule has 0 rings (SSSR count). The minimum absolute atomic E-state index is 0.589. The first-order valence-electron chi connectivity index (χ1n) is 4.60. The molecule has 0 radical (unpaired) electrons. The van der Waals surface area contributed by atoms with Gasteiger partial charge in [0.15, 0.2) is 0 Å². The third-order valence-electron chi connectivity index (χ3n) is 1.09. The normalized spacial score (nSPS) is 9.23. The van der Waals surface area contributed by atoms with E-state index in [1.54, 1.807) is 0 Å². The van der Waals surface area contributed by atoms with Crippen molar-refractivity contribution in [2.45, 2.75) is 26.7 Å². The van der Waals surface area contributed by atoms with E-state index in [2.05, 4.69) is 0 Å². The molecule has 2 nitrogen and oxygen atoms in total. The van der Waals surface area contributed by atoms with Gasteiger partial charge in [0.25, 0.3) is 0 Å². The van der Waals surface area contributed by atoms with Crippen LogP contribution in [-0.2, 0) is 8.85 Å². The van der Waals surface area contributed by atoms with E-state index in [1.165, 1.54) is 0 Å². The first kappa shape index (κ1) is 16.2. The van der Waals surface area contributed by atoms with Crippen LogP contribution in [0.3, 0.4) is 0 Å². The van der Waals surface area contributed by atoms with Gasteiger partial charge in [-0.15, -0.1) is 23.2 Å². The molecule has 0 aliphatic rings. The zero-order chi connectivity index (χ0) is 10.4. The lowest BCUT2D eigenvalue weighted by atomic mass is 10.4. The zero-order valence-corrected chi connectivity index (χ0v) is 11.4. The second kappa shape index (κ2) is 18.5.